The predicted molar refractivity (Wildman–Crippen MR) is 182 cm³/mol. The first-order valence-corrected chi connectivity index (χ1v) is 16.2. The van der Waals surface area contributed by atoms with Crippen LogP contribution in [0.25, 0.3) is 0 Å². The summed E-state index contributed by atoms with van der Waals surface area (Å²) < 4.78 is 5.34. The number of aliphatic hydroxyl groups is 1. The maximum atomic E-state index is 14.0. The Morgan fingerprint density at radius 3 is 2.26 bits per heavy atom. The molecule has 2 aromatic carbocycles. The minimum absolute atomic E-state index is 0.00439. The number of hydrogen-bond acceptors (Lipinski definition) is 6. The van der Waals surface area contributed by atoms with Crippen molar-refractivity contribution in [1.29, 1.82) is 0 Å². The number of aliphatic hydroxyl groups excluding tert-OH is 1. The quantitative estimate of drug-likeness (QED) is 0.215. The van der Waals surface area contributed by atoms with Gasteiger partial charge in [-0.05, 0) is 61.1 Å². The van der Waals surface area contributed by atoms with Gasteiger partial charge in [-0.15, -0.1) is 0 Å². The number of methoxy groups -OCH3 is 1. The second-order valence-electron chi connectivity index (χ2n) is 13.2. The van der Waals surface area contributed by atoms with E-state index in [0.29, 0.717) is 37.3 Å². The number of nitrogens with two attached hydrogens (primary N) is 1. The van der Waals surface area contributed by atoms with Gasteiger partial charge in [0.05, 0.1) is 18.6 Å². The zero-order valence-electron chi connectivity index (χ0n) is 28.3. The van der Waals surface area contributed by atoms with Crippen molar-refractivity contribution in [1.82, 2.24) is 15.5 Å². The van der Waals surface area contributed by atoms with Gasteiger partial charge in [0, 0.05) is 48.8 Å². The first kappa shape index (κ1) is 36.5. The molecule has 3 rings (SSSR count). The first-order valence-electron chi connectivity index (χ1n) is 16.2. The molecule has 0 spiro atoms. The number of amides is 3. The molecule has 0 radical (unpaired) electrons. The molecule has 0 bridgehead atoms. The molecule has 2 aromatic rings. The molecule has 5 N–H and O–H groups in total. The number of nitrogens with one attached hydrogen (secondary N) is 2. The zero-order chi connectivity index (χ0) is 33.9. The van der Waals surface area contributed by atoms with Gasteiger partial charge in [0.1, 0.15) is 5.75 Å². The van der Waals surface area contributed by atoms with Crippen LogP contribution in [0.1, 0.15) is 65.0 Å². The van der Waals surface area contributed by atoms with Crippen molar-refractivity contribution in [2.45, 2.75) is 73.0 Å². The fraction of sp³-hybridized carbons (Fsp3) is 0.486. The Labute approximate surface area is 274 Å². The molecule has 46 heavy (non-hydrogen) atoms. The second kappa shape index (κ2) is 16.6. The van der Waals surface area contributed by atoms with Crippen molar-refractivity contribution >= 4 is 17.7 Å². The lowest BCUT2D eigenvalue weighted by Crippen LogP contribution is -2.52. The van der Waals surface area contributed by atoms with Crippen molar-refractivity contribution in [2.24, 2.45) is 22.5 Å². The van der Waals surface area contributed by atoms with Gasteiger partial charge in [-0.2, -0.15) is 0 Å². The Kier molecular flexibility index (Phi) is 13.1. The van der Waals surface area contributed by atoms with Crippen LogP contribution in [0.2, 0.25) is 0 Å². The van der Waals surface area contributed by atoms with Gasteiger partial charge in [0.15, 0.2) is 0 Å². The van der Waals surface area contributed by atoms with Crippen LogP contribution in [0.15, 0.2) is 78.0 Å². The van der Waals surface area contributed by atoms with Gasteiger partial charge in [-0.25, -0.2) is 0 Å². The monoisotopic (exact) mass is 632 g/mol. The molecule has 0 heterocycles. The molecule has 9 heteroatoms. The lowest BCUT2D eigenvalue weighted by atomic mass is 9.63. The van der Waals surface area contributed by atoms with Crippen molar-refractivity contribution in [3.63, 3.8) is 0 Å². The molecular weight excluding hydrogens is 580 g/mol. The van der Waals surface area contributed by atoms with Crippen LogP contribution in [-0.4, -0.2) is 60.6 Å². The summed E-state index contributed by atoms with van der Waals surface area (Å²) in [5, 5.41) is 18.2. The SMILES string of the molecule is CCCN(CCC)C(=O)C1=CC(NC(=O)C(C)(C)C)=CC(C(N)=O)([C@H](Cc2ccccc2)[C@@H](O)CNCc2cccc(OC)c2)C1. The van der Waals surface area contributed by atoms with Crippen LogP contribution in [0.4, 0.5) is 0 Å². The predicted octanol–water partition coefficient (Wildman–Crippen LogP) is 4.50. The molecule has 0 saturated carbocycles. The Morgan fingerprint density at radius 2 is 1.67 bits per heavy atom. The molecule has 1 aliphatic carbocycles. The van der Waals surface area contributed by atoms with Crippen molar-refractivity contribution in [3.05, 3.63) is 89.1 Å². The second-order valence-corrected chi connectivity index (χ2v) is 13.2. The fourth-order valence-corrected chi connectivity index (χ4v) is 5.91. The number of nitrogens with zero attached hydrogens (tertiary/aromatic N) is 1. The van der Waals surface area contributed by atoms with E-state index < -0.39 is 28.8 Å². The Balaban J connectivity index is 2.08. The van der Waals surface area contributed by atoms with Crippen molar-refractivity contribution in [3.8, 4) is 5.75 Å². The molecular formula is C37H52N4O5. The number of primary amides is 1. The summed E-state index contributed by atoms with van der Waals surface area (Å²) in [5.74, 6) is -1.13. The highest BCUT2D eigenvalue weighted by Gasteiger charge is 2.49. The summed E-state index contributed by atoms with van der Waals surface area (Å²) in [5.41, 5.74) is 6.68. The highest BCUT2D eigenvalue weighted by Crippen LogP contribution is 2.44. The molecule has 0 aliphatic heterocycles. The normalized spacial score (nSPS) is 17.7. The zero-order valence-corrected chi connectivity index (χ0v) is 28.3. The number of ether oxygens (including phenoxy) is 1. The first-order chi connectivity index (χ1) is 21.8. The standard InChI is InChI=1S/C37H52N4O5/c1-7-17-41(18-8-2)33(43)28-21-29(40-35(45)36(3,4)5)23-37(22-28,34(38)44)31(20-26-13-10-9-11-14-26)32(42)25-39-24-27-15-12-16-30(19-27)46-6/h9-16,19,21,23,31-32,39,42H,7-8,17-18,20,22,24-25H2,1-6H3,(H2,38,44)(H,40,45)/t31-,32+,37?/m1/s1. The van der Waals surface area contributed by atoms with Gasteiger partial charge < -0.3 is 31.1 Å². The number of allylic oxidation sites excluding steroid dienone is 1. The van der Waals surface area contributed by atoms with Gasteiger partial charge in [0.25, 0.3) is 0 Å². The third-order valence-corrected chi connectivity index (χ3v) is 8.41. The smallest absolute Gasteiger partial charge is 0.249 e. The van der Waals surface area contributed by atoms with E-state index in [4.69, 9.17) is 10.5 Å². The van der Waals surface area contributed by atoms with Gasteiger partial charge >= 0.3 is 0 Å². The summed E-state index contributed by atoms with van der Waals surface area (Å²) in [7, 11) is 1.61. The molecule has 3 atom stereocenters. The molecule has 3 amide bonds. The molecule has 1 aliphatic rings. The topological polar surface area (TPSA) is 134 Å². The lowest BCUT2D eigenvalue weighted by molar-refractivity contribution is -0.132. The highest BCUT2D eigenvalue weighted by molar-refractivity contribution is 5.97. The lowest BCUT2D eigenvalue weighted by Gasteiger charge is -2.42. The number of carbonyl (C=O) groups is 3. The molecule has 0 saturated heterocycles. The third-order valence-electron chi connectivity index (χ3n) is 8.41. The van der Waals surface area contributed by atoms with Gasteiger partial charge in [-0.3, -0.25) is 14.4 Å². The van der Waals surface area contributed by atoms with E-state index in [1.807, 2.05) is 68.4 Å². The Bertz CT molecular complexity index is 1390. The maximum Gasteiger partial charge on any atom is 0.249 e. The maximum absolute atomic E-state index is 14.0. The van der Waals surface area contributed by atoms with Crippen LogP contribution in [0.5, 0.6) is 5.75 Å². The van der Waals surface area contributed by atoms with Crippen LogP contribution in [-0.2, 0) is 27.3 Å². The Morgan fingerprint density at radius 1 is 1.02 bits per heavy atom. The molecule has 9 nitrogen and oxygen atoms in total. The minimum atomic E-state index is -1.47. The van der Waals surface area contributed by atoms with E-state index in [0.717, 1.165) is 29.7 Å². The van der Waals surface area contributed by atoms with E-state index in [-0.39, 0.29) is 24.8 Å². The highest BCUT2D eigenvalue weighted by atomic mass is 16.5. The minimum Gasteiger partial charge on any atom is -0.497 e. The molecule has 1 unspecified atom stereocenters. The van der Waals surface area contributed by atoms with Crippen LogP contribution >= 0.6 is 0 Å². The average molecular weight is 633 g/mol. The van der Waals surface area contributed by atoms with Crippen LogP contribution in [0.3, 0.4) is 0 Å². The molecule has 0 fully saturated rings. The summed E-state index contributed by atoms with van der Waals surface area (Å²) in [6, 6.07) is 17.3. The summed E-state index contributed by atoms with van der Waals surface area (Å²) in [6.07, 6.45) is 4.17. The summed E-state index contributed by atoms with van der Waals surface area (Å²) >= 11 is 0. The number of benzene rings is 2. The van der Waals surface area contributed by atoms with E-state index in [1.165, 1.54) is 0 Å². The average Bonchev–Trinajstić information content (AvgIpc) is 3.03. The summed E-state index contributed by atoms with van der Waals surface area (Å²) in [4.78, 5) is 42.8. The number of hydrogen-bond donors (Lipinski definition) is 4. The van der Waals surface area contributed by atoms with Gasteiger partial charge in [-0.1, -0.05) is 77.1 Å². The van der Waals surface area contributed by atoms with E-state index >= 15 is 0 Å². The van der Waals surface area contributed by atoms with Crippen LogP contribution in [0, 0.1) is 16.7 Å². The number of rotatable bonds is 16. The molecule has 250 valence electrons. The summed E-state index contributed by atoms with van der Waals surface area (Å²) in [6.45, 7) is 11.2. The van der Waals surface area contributed by atoms with Crippen LogP contribution < -0.4 is 21.1 Å². The number of carbonyl (C=O) groups excluding carboxylic acids is 3. The third kappa shape index (κ3) is 9.53. The van der Waals surface area contributed by atoms with Gasteiger partial charge in [0.2, 0.25) is 17.7 Å². The van der Waals surface area contributed by atoms with E-state index in [2.05, 4.69) is 10.6 Å². The van der Waals surface area contributed by atoms with Crippen molar-refractivity contribution < 1.29 is 24.2 Å². The van der Waals surface area contributed by atoms with E-state index in [1.54, 1.807) is 44.9 Å². The largest absolute Gasteiger partial charge is 0.497 e. The molecule has 0 aromatic heterocycles. The van der Waals surface area contributed by atoms with Crippen molar-refractivity contribution in [2.75, 3.05) is 26.7 Å². The Hall–Kier alpha value is -3.95. The van der Waals surface area contributed by atoms with E-state index in [9.17, 15) is 19.5 Å². The fourth-order valence-electron chi connectivity index (χ4n) is 5.91.